The van der Waals surface area contributed by atoms with E-state index in [1.807, 2.05) is 0 Å². The van der Waals surface area contributed by atoms with Gasteiger partial charge in [0.1, 0.15) is 36.0 Å². The first-order valence-electron chi connectivity index (χ1n) is 20.6. The molecular formula is C38H63N13O9. The summed E-state index contributed by atoms with van der Waals surface area (Å²) in [6.45, 7) is 2.74. The highest BCUT2D eigenvalue weighted by molar-refractivity contribution is 5.97. The molecule has 0 spiro atoms. The quantitative estimate of drug-likeness (QED) is 0.0166. The number of carbonyl (C=O) groups is 7. The van der Waals surface area contributed by atoms with Crippen LogP contribution < -0.4 is 49.3 Å². The molecule has 1 aromatic heterocycles. The summed E-state index contributed by atoms with van der Waals surface area (Å²) in [7, 11) is 0. The van der Waals surface area contributed by atoms with Crippen molar-refractivity contribution in [2.75, 3.05) is 38.1 Å². The van der Waals surface area contributed by atoms with Crippen molar-refractivity contribution in [1.82, 2.24) is 41.4 Å². The number of rotatable bonds is 25. The third-order valence-electron chi connectivity index (χ3n) is 10.4. The van der Waals surface area contributed by atoms with Gasteiger partial charge in [-0.05, 0) is 96.2 Å². The molecule has 334 valence electrons. The molecule has 2 aliphatic heterocycles. The predicted molar refractivity (Wildman–Crippen MR) is 219 cm³/mol. The van der Waals surface area contributed by atoms with Crippen LogP contribution in [0.1, 0.15) is 101 Å². The topological polar surface area (TPSA) is 353 Å². The van der Waals surface area contributed by atoms with Gasteiger partial charge in [0.25, 0.3) is 5.91 Å². The van der Waals surface area contributed by atoms with E-state index in [1.165, 1.54) is 22.9 Å². The van der Waals surface area contributed by atoms with Gasteiger partial charge < -0.3 is 63.5 Å². The van der Waals surface area contributed by atoms with Crippen molar-refractivity contribution in [1.29, 1.82) is 5.41 Å². The Hall–Kier alpha value is -5.61. The van der Waals surface area contributed by atoms with E-state index >= 15 is 0 Å². The molecule has 0 unspecified atom stereocenters. The summed E-state index contributed by atoms with van der Waals surface area (Å²) in [5.41, 5.74) is 13.7. The maximum absolute atomic E-state index is 14.2. The van der Waals surface area contributed by atoms with E-state index in [9.17, 15) is 43.8 Å². The predicted octanol–water partition coefficient (Wildman–Crippen LogP) is -2.05. The average molecular weight is 846 g/mol. The number of aliphatic hydroxyl groups is 1. The molecule has 6 atom stereocenters. The van der Waals surface area contributed by atoms with E-state index in [2.05, 4.69) is 37.0 Å². The van der Waals surface area contributed by atoms with E-state index < -0.39 is 71.8 Å². The number of hydrogen-bond acceptors (Lipinski definition) is 13. The van der Waals surface area contributed by atoms with Gasteiger partial charge >= 0.3 is 5.97 Å². The van der Waals surface area contributed by atoms with Crippen LogP contribution in [0.3, 0.4) is 0 Å². The van der Waals surface area contributed by atoms with Crippen molar-refractivity contribution < 1.29 is 43.8 Å². The minimum absolute atomic E-state index is 0.0451. The summed E-state index contributed by atoms with van der Waals surface area (Å²) in [6, 6.07) is -2.43. The number of carboxylic acids is 1. The van der Waals surface area contributed by atoms with E-state index in [1.54, 1.807) is 12.1 Å². The van der Waals surface area contributed by atoms with Gasteiger partial charge in [-0.25, -0.2) is 15.6 Å². The molecule has 2 aliphatic rings. The summed E-state index contributed by atoms with van der Waals surface area (Å²) < 4.78 is 0. The maximum atomic E-state index is 14.2. The molecule has 0 aromatic carbocycles. The van der Waals surface area contributed by atoms with Crippen molar-refractivity contribution in [3.8, 4) is 0 Å². The molecule has 0 aliphatic carbocycles. The van der Waals surface area contributed by atoms with Crippen LogP contribution in [-0.2, 0) is 28.8 Å². The van der Waals surface area contributed by atoms with Crippen molar-refractivity contribution in [3.05, 3.63) is 23.9 Å². The summed E-state index contributed by atoms with van der Waals surface area (Å²) in [5, 5.41) is 40.6. The number of hydrazine groups is 1. The Balaban J connectivity index is 1.57. The van der Waals surface area contributed by atoms with Gasteiger partial charge in [0.05, 0.1) is 11.7 Å². The maximum Gasteiger partial charge on any atom is 0.326 e. The van der Waals surface area contributed by atoms with Crippen molar-refractivity contribution >= 4 is 53.2 Å². The normalized spacial score (nSPS) is 18.1. The Morgan fingerprint density at radius 2 is 1.55 bits per heavy atom. The van der Waals surface area contributed by atoms with Gasteiger partial charge in [-0.2, -0.15) is 0 Å². The van der Waals surface area contributed by atoms with Gasteiger partial charge in [0.2, 0.25) is 29.5 Å². The molecule has 22 nitrogen and oxygen atoms in total. The Bertz CT molecular complexity index is 1630. The average Bonchev–Trinajstić information content (AvgIpc) is 3.92. The molecule has 6 amide bonds. The van der Waals surface area contributed by atoms with Crippen LogP contribution in [0.4, 0.5) is 5.82 Å². The second-order valence-electron chi connectivity index (χ2n) is 15.0. The van der Waals surface area contributed by atoms with Crippen LogP contribution >= 0.6 is 0 Å². The number of nitrogen functional groups attached to an aromatic ring is 1. The summed E-state index contributed by atoms with van der Waals surface area (Å²) in [6.07, 6.45) is 4.92. The highest BCUT2D eigenvalue weighted by atomic mass is 16.4. The fourth-order valence-electron chi connectivity index (χ4n) is 7.20. The fraction of sp³-hybridized carbons (Fsp3) is 0.658. The van der Waals surface area contributed by atoms with Crippen molar-refractivity contribution in [3.63, 3.8) is 0 Å². The number of guanidine groups is 1. The lowest BCUT2D eigenvalue weighted by molar-refractivity contribution is -0.149. The number of amides is 6. The van der Waals surface area contributed by atoms with E-state index in [4.69, 9.17) is 22.7 Å². The van der Waals surface area contributed by atoms with Crippen LogP contribution in [0.2, 0.25) is 0 Å². The smallest absolute Gasteiger partial charge is 0.326 e. The lowest BCUT2D eigenvalue weighted by Crippen LogP contribution is -2.59. The molecule has 1 aromatic rings. The largest absolute Gasteiger partial charge is 0.480 e. The Labute approximate surface area is 349 Å². The number of hydrogen-bond donors (Lipinski definition) is 12. The number of anilines is 1. The highest BCUT2D eigenvalue weighted by Gasteiger charge is 2.44. The lowest BCUT2D eigenvalue weighted by Gasteiger charge is -2.33. The molecule has 2 fully saturated rings. The number of carboxylic acid groups (broad SMARTS) is 1. The van der Waals surface area contributed by atoms with Gasteiger partial charge in [0, 0.05) is 38.8 Å². The number of unbranched alkanes of at least 4 members (excludes halogenated alkanes) is 3. The van der Waals surface area contributed by atoms with Crippen LogP contribution in [0.25, 0.3) is 0 Å². The first kappa shape index (κ1) is 48.8. The standard InChI is InChI=1S/C38H63N13O9/c1-23(52)31(48-30(53)14-3-2-6-18-43-32(54)24-15-16-29(49-42)45-22-24)34(56)46-25(10-4-5-17-39)35(57)51-21-9-13-28(51)36(58)50-20-8-12-27(50)33(55)47-26(37(59)60)11-7-19-44-38(40)41/h15-16,22-23,25-28,31,52H,2-14,17-21,39,42H2,1H3,(H,43,54)(H,45,49)(H,46,56)(H,47,55)(H,48,53)(H,59,60)(H4,40,41,44)/t23-,25+,26+,27+,28+,31+/m1/s1. The molecule has 0 radical (unpaired) electrons. The zero-order valence-electron chi connectivity index (χ0n) is 34.2. The van der Waals surface area contributed by atoms with Crippen LogP contribution in [0.5, 0.6) is 0 Å². The fourth-order valence-corrected chi connectivity index (χ4v) is 7.20. The molecule has 3 heterocycles. The number of carbonyl (C=O) groups excluding carboxylic acids is 6. The summed E-state index contributed by atoms with van der Waals surface area (Å²) >= 11 is 0. The number of aliphatic hydroxyl groups excluding tert-OH is 1. The van der Waals surface area contributed by atoms with Gasteiger partial charge in [-0.3, -0.25) is 34.2 Å². The lowest BCUT2D eigenvalue weighted by atomic mass is 10.0. The number of nitrogens with zero attached hydrogens (tertiary/aromatic N) is 3. The number of likely N-dealkylation sites (tertiary alicyclic amines) is 2. The molecule has 22 heteroatoms. The molecular weight excluding hydrogens is 782 g/mol. The second-order valence-corrected chi connectivity index (χ2v) is 15.0. The first-order chi connectivity index (χ1) is 28.7. The number of aliphatic carboxylic acids is 1. The minimum atomic E-state index is -1.38. The van der Waals surface area contributed by atoms with Crippen molar-refractivity contribution in [2.45, 2.75) is 127 Å². The number of aromatic nitrogens is 1. The number of nitrogens with two attached hydrogens (primary N) is 3. The zero-order chi connectivity index (χ0) is 44.2. The zero-order valence-corrected chi connectivity index (χ0v) is 34.2. The molecule has 0 saturated carbocycles. The van der Waals surface area contributed by atoms with Crippen LogP contribution in [-0.4, -0.2) is 141 Å². The van der Waals surface area contributed by atoms with Gasteiger partial charge in [0.15, 0.2) is 5.96 Å². The second kappa shape index (κ2) is 25.1. The Morgan fingerprint density at radius 3 is 2.18 bits per heavy atom. The molecule has 3 rings (SSSR count). The third-order valence-corrected chi connectivity index (χ3v) is 10.4. The van der Waals surface area contributed by atoms with E-state index in [0.29, 0.717) is 88.7 Å². The third kappa shape index (κ3) is 15.2. The molecule has 2 saturated heterocycles. The molecule has 60 heavy (non-hydrogen) atoms. The van der Waals surface area contributed by atoms with Crippen LogP contribution in [0.15, 0.2) is 18.3 Å². The number of pyridine rings is 1. The first-order valence-corrected chi connectivity index (χ1v) is 20.6. The monoisotopic (exact) mass is 845 g/mol. The Morgan fingerprint density at radius 1 is 0.867 bits per heavy atom. The minimum Gasteiger partial charge on any atom is -0.480 e. The van der Waals surface area contributed by atoms with E-state index in [-0.39, 0.29) is 50.8 Å². The van der Waals surface area contributed by atoms with Crippen LogP contribution in [0, 0.1) is 5.41 Å². The Kier molecular flexibility index (Phi) is 20.4. The molecule has 0 bridgehead atoms. The number of nitrogens with one attached hydrogen (secondary N) is 7. The SMILES string of the molecule is C[C@@H](O)[C@H](NC(=O)CCCCCNC(=O)c1ccc(NN)nc1)C(=O)N[C@@H](CCCCN)C(=O)N1CCC[C@H]1C(=O)N1CCC[C@H]1C(=O)N[C@@H](CCCNC(=N)N)C(=O)O. The highest BCUT2D eigenvalue weighted by Crippen LogP contribution is 2.26. The van der Waals surface area contributed by atoms with Gasteiger partial charge in [-0.1, -0.05) is 6.42 Å². The van der Waals surface area contributed by atoms with Crippen molar-refractivity contribution in [2.24, 2.45) is 17.3 Å². The summed E-state index contributed by atoms with van der Waals surface area (Å²) in [5.74, 6) is 1.05. The molecule has 15 N–H and O–H groups in total. The van der Waals surface area contributed by atoms with Gasteiger partial charge in [-0.15, -0.1) is 0 Å². The summed E-state index contributed by atoms with van der Waals surface area (Å²) in [4.78, 5) is 99.0. The van der Waals surface area contributed by atoms with E-state index in [0.717, 1.165) is 0 Å².